The molecule has 0 spiro atoms. The van der Waals surface area contributed by atoms with Gasteiger partial charge in [-0.25, -0.2) is 0 Å². The number of thiophene rings is 1. The van der Waals surface area contributed by atoms with Gasteiger partial charge in [0.15, 0.2) is 0 Å². The quantitative estimate of drug-likeness (QED) is 0.911. The van der Waals surface area contributed by atoms with Crippen molar-refractivity contribution in [3.8, 4) is 0 Å². The van der Waals surface area contributed by atoms with E-state index < -0.39 is 0 Å². The molecule has 0 amide bonds. The molecule has 0 saturated carbocycles. The second-order valence-electron chi connectivity index (χ2n) is 4.15. The van der Waals surface area contributed by atoms with Gasteiger partial charge in [0.2, 0.25) is 0 Å². The van der Waals surface area contributed by atoms with Crippen molar-refractivity contribution < 1.29 is 0 Å². The fourth-order valence-electron chi connectivity index (χ4n) is 2.02. The van der Waals surface area contributed by atoms with Gasteiger partial charge in [-0.3, -0.25) is 4.68 Å². The summed E-state index contributed by atoms with van der Waals surface area (Å²) in [6.45, 7) is 5.17. The van der Waals surface area contributed by atoms with Gasteiger partial charge in [-0.05, 0) is 25.1 Å². The second-order valence-corrected chi connectivity index (χ2v) is 5.76. The van der Waals surface area contributed by atoms with Crippen molar-refractivity contribution in [2.75, 3.05) is 6.54 Å². The normalized spacial score (nSPS) is 12.9. The van der Waals surface area contributed by atoms with Crippen LogP contribution in [0.5, 0.6) is 0 Å². The Hall–Kier alpha value is -0.840. The molecule has 2 heterocycles. The summed E-state index contributed by atoms with van der Waals surface area (Å²) in [5.74, 6) is 0. The molecular weight excluding hydrogens is 266 g/mol. The molecule has 1 atom stereocenters. The van der Waals surface area contributed by atoms with Gasteiger partial charge in [-0.1, -0.05) is 25.4 Å². The van der Waals surface area contributed by atoms with Gasteiger partial charge in [0.05, 0.1) is 23.0 Å². The van der Waals surface area contributed by atoms with Crippen molar-refractivity contribution in [2.24, 2.45) is 7.05 Å². The lowest BCUT2D eigenvalue weighted by atomic mass is 10.1. The molecule has 0 aliphatic heterocycles. The number of aromatic nitrogens is 2. The molecule has 2 rings (SSSR count). The highest BCUT2D eigenvalue weighted by Gasteiger charge is 2.21. The summed E-state index contributed by atoms with van der Waals surface area (Å²) in [7, 11) is 1.93. The third-order valence-corrected chi connectivity index (χ3v) is 4.52. The predicted molar refractivity (Wildman–Crippen MR) is 77.4 cm³/mol. The summed E-state index contributed by atoms with van der Waals surface area (Å²) in [5.41, 5.74) is 1.03. The van der Waals surface area contributed by atoms with Crippen molar-refractivity contribution in [3.05, 3.63) is 38.8 Å². The first kappa shape index (κ1) is 13.6. The van der Waals surface area contributed by atoms with Gasteiger partial charge in [0.1, 0.15) is 0 Å². The van der Waals surface area contributed by atoms with Gasteiger partial charge in [-0.15, -0.1) is 11.3 Å². The molecular formula is C13H18ClN3S. The smallest absolute Gasteiger partial charge is 0.0857 e. The molecule has 0 bridgehead atoms. The fourth-order valence-corrected chi connectivity index (χ4v) is 3.33. The van der Waals surface area contributed by atoms with E-state index in [0.29, 0.717) is 0 Å². The van der Waals surface area contributed by atoms with Gasteiger partial charge in [0, 0.05) is 16.8 Å². The number of rotatable bonds is 5. The SMILES string of the molecule is CCNC(c1ccc(CC)s1)c1c(Cl)cnn1C. The summed E-state index contributed by atoms with van der Waals surface area (Å²) in [4.78, 5) is 2.69. The second kappa shape index (κ2) is 5.87. The topological polar surface area (TPSA) is 29.9 Å². The van der Waals surface area contributed by atoms with Gasteiger partial charge < -0.3 is 5.32 Å². The molecule has 18 heavy (non-hydrogen) atoms. The van der Waals surface area contributed by atoms with E-state index in [4.69, 9.17) is 11.6 Å². The van der Waals surface area contributed by atoms with Crippen LogP contribution in [0.1, 0.15) is 35.3 Å². The maximum atomic E-state index is 6.25. The van der Waals surface area contributed by atoms with Gasteiger partial charge >= 0.3 is 0 Å². The van der Waals surface area contributed by atoms with Crippen molar-refractivity contribution in [2.45, 2.75) is 26.3 Å². The van der Waals surface area contributed by atoms with E-state index in [-0.39, 0.29) is 6.04 Å². The van der Waals surface area contributed by atoms with Crippen LogP contribution in [-0.2, 0) is 13.5 Å². The summed E-state index contributed by atoms with van der Waals surface area (Å²) >= 11 is 8.08. The van der Waals surface area contributed by atoms with E-state index in [1.807, 2.05) is 23.1 Å². The van der Waals surface area contributed by atoms with Crippen molar-refractivity contribution in [1.82, 2.24) is 15.1 Å². The average Bonchev–Trinajstić information content (AvgIpc) is 2.95. The van der Waals surface area contributed by atoms with E-state index in [0.717, 1.165) is 23.7 Å². The Morgan fingerprint density at radius 2 is 2.22 bits per heavy atom. The lowest BCUT2D eigenvalue weighted by molar-refractivity contribution is 0.579. The molecule has 0 fully saturated rings. The third kappa shape index (κ3) is 2.60. The Balaban J connectivity index is 2.39. The molecule has 1 unspecified atom stereocenters. The standard InChI is InChI=1S/C13H18ClN3S/c1-4-9-6-7-11(18-9)12(15-5-2)13-10(14)8-16-17(13)3/h6-8,12,15H,4-5H2,1-3H3. The predicted octanol–water partition coefficient (Wildman–Crippen LogP) is 3.40. The number of aryl methyl sites for hydroxylation is 2. The molecule has 1 N–H and O–H groups in total. The molecule has 98 valence electrons. The van der Waals surface area contributed by atoms with Crippen LogP contribution >= 0.6 is 22.9 Å². The summed E-state index contributed by atoms with van der Waals surface area (Å²) in [6.07, 6.45) is 2.78. The third-order valence-electron chi connectivity index (χ3n) is 2.93. The van der Waals surface area contributed by atoms with Gasteiger partial charge in [-0.2, -0.15) is 5.10 Å². The Morgan fingerprint density at radius 3 is 2.72 bits per heavy atom. The Morgan fingerprint density at radius 1 is 1.44 bits per heavy atom. The summed E-state index contributed by atoms with van der Waals surface area (Å²) in [5, 5.41) is 8.42. The largest absolute Gasteiger partial charge is 0.305 e. The highest BCUT2D eigenvalue weighted by atomic mass is 35.5. The molecule has 0 aliphatic rings. The van der Waals surface area contributed by atoms with Crippen LogP contribution in [-0.4, -0.2) is 16.3 Å². The number of halogens is 1. The number of hydrogen-bond donors (Lipinski definition) is 1. The average molecular weight is 284 g/mol. The first-order chi connectivity index (χ1) is 8.67. The maximum absolute atomic E-state index is 6.25. The first-order valence-electron chi connectivity index (χ1n) is 6.16. The lowest BCUT2D eigenvalue weighted by Crippen LogP contribution is -2.23. The van der Waals surface area contributed by atoms with E-state index in [2.05, 4.69) is 36.4 Å². The van der Waals surface area contributed by atoms with Crippen LogP contribution in [0.3, 0.4) is 0 Å². The molecule has 0 saturated heterocycles. The Bertz CT molecular complexity index is 499. The Kier molecular flexibility index (Phi) is 4.43. The number of hydrogen-bond acceptors (Lipinski definition) is 3. The van der Waals surface area contributed by atoms with Crippen molar-refractivity contribution in [1.29, 1.82) is 0 Å². The highest BCUT2D eigenvalue weighted by Crippen LogP contribution is 2.32. The van der Waals surface area contributed by atoms with Crippen LogP contribution < -0.4 is 5.32 Å². The molecule has 3 nitrogen and oxygen atoms in total. The van der Waals surface area contributed by atoms with Crippen molar-refractivity contribution in [3.63, 3.8) is 0 Å². The zero-order chi connectivity index (χ0) is 13.1. The first-order valence-corrected chi connectivity index (χ1v) is 7.36. The molecule has 0 radical (unpaired) electrons. The minimum atomic E-state index is 0.125. The van der Waals surface area contributed by atoms with E-state index in [9.17, 15) is 0 Å². The Labute approximate surface area is 117 Å². The monoisotopic (exact) mass is 283 g/mol. The molecule has 5 heteroatoms. The molecule has 2 aromatic rings. The summed E-state index contributed by atoms with van der Waals surface area (Å²) < 4.78 is 1.85. The van der Waals surface area contributed by atoms with Crippen LogP contribution in [0.2, 0.25) is 5.02 Å². The minimum Gasteiger partial charge on any atom is -0.305 e. The lowest BCUT2D eigenvalue weighted by Gasteiger charge is -2.17. The fraction of sp³-hybridized carbons (Fsp3) is 0.462. The van der Waals surface area contributed by atoms with Crippen LogP contribution in [0.4, 0.5) is 0 Å². The van der Waals surface area contributed by atoms with Crippen LogP contribution in [0, 0.1) is 0 Å². The van der Waals surface area contributed by atoms with Gasteiger partial charge in [0.25, 0.3) is 0 Å². The molecule has 0 aliphatic carbocycles. The van der Waals surface area contributed by atoms with E-state index in [1.54, 1.807) is 6.20 Å². The highest BCUT2D eigenvalue weighted by molar-refractivity contribution is 7.12. The number of nitrogens with one attached hydrogen (secondary N) is 1. The number of nitrogens with zero attached hydrogens (tertiary/aromatic N) is 2. The van der Waals surface area contributed by atoms with E-state index >= 15 is 0 Å². The van der Waals surface area contributed by atoms with Crippen molar-refractivity contribution >= 4 is 22.9 Å². The van der Waals surface area contributed by atoms with Crippen LogP contribution in [0.25, 0.3) is 0 Å². The minimum absolute atomic E-state index is 0.125. The zero-order valence-electron chi connectivity index (χ0n) is 10.9. The zero-order valence-corrected chi connectivity index (χ0v) is 12.5. The maximum Gasteiger partial charge on any atom is 0.0857 e. The molecule has 0 aromatic carbocycles. The van der Waals surface area contributed by atoms with Crippen LogP contribution in [0.15, 0.2) is 18.3 Å². The summed E-state index contributed by atoms with van der Waals surface area (Å²) in [6, 6.07) is 4.50. The molecule has 2 aromatic heterocycles. The van der Waals surface area contributed by atoms with E-state index in [1.165, 1.54) is 9.75 Å².